The molecule has 94 valence electrons. The summed E-state index contributed by atoms with van der Waals surface area (Å²) in [5.74, 6) is -1.29. The molecule has 1 heterocycles. The summed E-state index contributed by atoms with van der Waals surface area (Å²) in [5.41, 5.74) is 0.571. The van der Waals surface area contributed by atoms with Gasteiger partial charge in [-0.25, -0.2) is 4.79 Å². The number of ketones is 1. The fourth-order valence-corrected chi connectivity index (χ4v) is 3.17. The van der Waals surface area contributed by atoms with Crippen LogP contribution in [-0.2, 0) is 9.53 Å². The average molecular weight is 329 g/mol. The first-order valence-electron chi connectivity index (χ1n) is 5.08. The summed E-state index contributed by atoms with van der Waals surface area (Å²) in [5, 5.41) is 11.0. The van der Waals surface area contributed by atoms with Gasteiger partial charge in [0.05, 0.1) is 0 Å². The molecule has 0 bridgehead atoms. The third kappa shape index (κ3) is 2.77. The number of thiophene rings is 1. The maximum atomic E-state index is 11.9. The van der Waals surface area contributed by atoms with Gasteiger partial charge in [0.15, 0.2) is 5.78 Å². The number of carbonyl (C=O) groups is 2. The summed E-state index contributed by atoms with van der Waals surface area (Å²) in [6.45, 7) is -0.678. The number of halogens is 1. The van der Waals surface area contributed by atoms with E-state index < -0.39 is 12.6 Å². The minimum atomic E-state index is -1.08. The molecule has 18 heavy (non-hydrogen) atoms. The molecule has 2 aromatic rings. The van der Waals surface area contributed by atoms with E-state index in [1.54, 1.807) is 5.38 Å². The third-order valence-electron chi connectivity index (χ3n) is 2.31. The molecule has 0 atom stereocenters. The lowest BCUT2D eigenvalue weighted by Crippen LogP contribution is -2.14. The molecule has 0 amide bonds. The Kier molecular flexibility index (Phi) is 4.11. The van der Waals surface area contributed by atoms with Gasteiger partial charge in [0.2, 0.25) is 0 Å². The van der Waals surface area contributed by atoms with E-state index in [2.05, 4.69) is 15.9 Å². The van der Waals surface area contributed by atoms with E-state index in [-0.39, 0.29) is 12.4 Å². The highest BCUT2D eigenvalue weighted by Gasteiger charge is 2.14. The number of rotatable bonds is 5. The van der Waals surface area contributed by atoms with Crippen LogP contribution in [0.1, 0.15) is 10.4 Å². The second-order valence-corrected chi connectivity index (χ2v) is 5.31. The van der Waals surface area contributed by atoms with Gasteiger partial charge in [-0.15, -0.1) is 11.3 Å². The Morgan fingerprint density at radius 1 is 1.33 bits per heavy atom. The van der Waals surface area contributed by atoms with Crippen LogP contribution in [-0.4, -0.2) is 30.1 Å². The Morgan fingerprint density at radius 2 is 2.11 bits per heavy atom. The van der Waals surface area contributed by atoms with Crippen molar-refractivity contribution < 1.29 is 19.4 Å². The molecule has 0 saturated carbocycles. The Labute approximate surface area is 115 Å². The van der Waals surface area contributed by atoms with E-state index in [1.807, 2.05) is 18.2 Å². The monoisotopic (exact) mass is 328 g/mol. The molecule has 0 spiro atoms. The summed E-state index contributed by atoms with van der Waals surface area (Å²) in [6.07, 6.45) is 0. The van der Waals surface area contributed by atoms with Crippen molar-refractivity contribution in [3.8, 4) is 0 Å². The van der Waals surface area contributed by atoms with Crippen LogP contribution in [0, 0.1) is 0 Å². The molecule has 0 aliphatic carbocycles. The Bertz CT molecular complexity index is 605. The lowest BCUT2D eigenvalue weighted by atomic mass is 10.1. The van der Waals surface area contributed by atoms with Crippen LogP contribution in [0.15, 0.2) is 28.1 Å². The highest BCUT2D eigenvalue weighted by Crippen LogP contribution is 2.32. The van der Waals surface area contributed by atoms with Crippen molar-refractivity contribution in [1.82, 2.24) is 0 Å². The van der Waals surface area contributed by atoms with Gasteiger partial charge in [-0.3, -0.25) is 4.79 Å². The lowest BCUT2D eigenvalue weighted by Gasteiger charge is -2.00. The number of carbonyl (C=O) groups excluding carboxylic acids is 1. The summed E-state index contributed by atoms with van der Waals surface area (Å²) in [6, 6.07) is 5.63. The van der Waals surface area contributed by atoms with E-state index in [0.29, 0.717) is 5.56 Å². The Hall–Kier alpha value is -1.24. The molecule has 0 aliphatic rings. The fraction of sp³-hybridized carbons (Fsp3) is 0.167. The zero-order valence-electron chi connectivity index (χ0n) is 9.18. The van der Waals surface area contributed by atoms with Crippen LogP contribution in [0.25, 0.3) is 10.1 Å². The molecule has 1 aromatic heterocycles. The molecule has 6 heteroatoms. The Morgan fingerprint density at radius 3 is 2.83 bits per heavy atom. The number of carboxylic acid groups (broad SMARTS) is 1. The first kappa shape index (κ1) is 13.2. The van der Waals surface area contributed by atoms with Crippen molar-refractivity contribution >= 4 is 49.1 Å². The van der Waals surface area contributed by atoms with Crippen LogP contribution in [0.5, 0.6) is 0 Å². The number of hydrogen-bond donors (Lipinski definition) is 1. The van der Waals surface area contributed by atoms with Gasteiger partial charge in [0.25, 0.3) is 0 Å². The number of aliphatic carboxylic acids is 1. The van der Waals surface area contributed by atoms with Crippen LogP contribution in [0.4, 0.5) is 0 Å². The highest BCUT2D eigenvalue weighted by molar-refractivity contribution is 9.10. The van der Waals surface area contributed by atoms with E-state index >= 15 is 0 Å². The van der Waals surface area contributed by atoms with Crippen molar-refractivity contribution in [3.05, 3.63) is 33.6 Å². The maximum Gasteiger partial charge on any atom is 0.329 e. The SMILES string of the molecule is O=C(O)COCC(=O)c1csc2c(Br)cccc12. The summed E-state index contributed by atoms with van der Waals surface area (Å²) >= 11 is 4.89. The second-order valence-electron chi connectivity index (χ2n) is 3.58. The number of Topliss-reactive ketones (excluding diaryl/α,β-unsaturated/α-hetero) is 1. The van der Waals surface area contributed by atoms with Crippen molar-refractivity contribution in [1.29, 1.82) is 0 Å². The number of ether oxygens (including phenoxy) is 1. The standard InChI is InChI=1S/C12H9BrO4S/c13-9-3-1-2-7-8(6-18-12(7)9)10(14)4-17-5-11(15)16/h1-3,6H,4-5H2,(H,15,16). The molecule has 0 aliphatic heterocycles. The van der Waals surface area contributed by atoms with Crippen LogP contribution >= 0.6 is 27.3 Å². The number of carboxylic acids is 1. The van der Waals surface area contributed by atoms with E-state index in [0.717, 1.165) is 14.6 Å². The zero-order valence-corrected chi connectivity index (χ0v) is 11.6. The van der Waals surface area contributed by atoms with E-state index in [9.17, 15) is 9.59 Å². The van der Waals surface area contributed by atoms with Crippen LogP contribution in [0.2, 0.25) is 0 Å². The van der Waals surface area contributed by atoms with E-state index in [4.69, 9.17) is 9.84 Å². The molecular weight excluding hydrogens is 320 g/mol. The van der Waals surface area contributed by atoms with Gasteiger partial charge in [-0.05, 0) is 22.0 Å². The normalized spacial score (nSPS) is 10.7. The predicted octanol–water partition coefficient (Wildman–Crippen LogP) is 2.95. The molecular formula is C12H9BrO4S. The molecule has 4 nitrogen and oxygen atoms in total. The largest absolute Gasteiger partial charge is 0.480 e. The van der Waals surface area contributed by atoms with E-state index in [1.165, 1.54) is 11.3 Å². The molecule has 0 unspecified atom stereocenters. The first-order valence-corrected chi connectivity index (χ1v) is 6.75. The summed E-state index contributed by atoms with van der Waals surface area (Å²) < 4.78 is 6.74. The quantitative estimate of drug-likeness (QED) is 0.857. The van der Waals surface area contributed by atoms with Crippen molar-refractivity contribution in [2.45, 2.75) is 0 Å². The fourth-order valence-electron chi connectivity index (χ4n) is 1.55. The molecule has 0 saturated heterocycles. The molecule has 1 N–H and O–H groups in total. The first-order chi connectivity index (χ1) is 8.59. The Balaban J connectivity index is 2.18. The van der Waals surface area contributed by atoms with Gasteiger partial charge in [-0.2, -0.15) is 0 Å². The molecule has 0 radical (unpaired) electrons. The highest BCUT2D eigenvalue weighted by atomic mass is 79.9. The van der Waals surface area contributed by atoms with Crippen molar-refractivity contribution in [2.75, 3.05) is 13.2 Å². The van der Waals surface area contributed by atoms with Gasteiger partial charge >= 0.3 is 5.97 Å². The zero-order chi connectivity index (χ0) is 13.1. The van der Waals surface area contributed by atoms with Crippen LogP contribution < -0.4 is 0 Å². The van der Waals surface area contributed by atoms with Gasteiger partial charge in [0, 0.05) is 25.5 Å². The van der Waals surface area contributed by atoms with Crippen molar-refractivity contribution in [2.24, 2.45) is 0 Å². The predicted molar refractivity (Wildman–Crippen MR) is 72.3 cm³/mol. The number of benzene rings is 1. The van der Waals surface area contributed by atoms with Gasteiger partial charge in [-0.1, -0.05) is 12.1 Å². The average Bonchev–Trinajstić information content (AvgIpc) is 2.73. The van der Waals surface area contributed by atoms with Crippen molar-refractivity contribution in [3.63, 3.8) is 0 Å². The molecule has 2 rings (SSSR count). The lowest BCUT2D eigenvalue weighted by molar-refractivity contribution is -0.141. The minimum absolute atomic E-state index is 0.208. The smallest absolute Gasteiger partial charge is 0.329 e. The minimum Gasteiger partial charge on any atom is -0.480 e. The topological polar surface area (TPSA) is 63.6 Å². The number of fused-ring (bicyclic) bond motifs is 1. The maximum absolute atomic E-state index is 11.9. The summed E-state index contributed by atoms with van der Waals surface area (Å²) in [4.78, 5) is 22.2. The number of hydrogen-bond acceptors (Lipinski definition) is 4. The van der Waals surface area contributed by atoms with Crippen LogP contribution in [0.3, 0.4) is 0 Å². The molecule has 1 aromatic carbocycles. The van der Waals surface area contributed by atoms with Gasteiger partial charge < -0.3 is 9.84 Å². The van der Waals surface area contributed by atoms with Gasteiger partial charge in [0.1, 0.15) is 13.2 Å². The molecule has 0 fully saturated rings. The second kappa shape index (κ2) is 5.60. The third-order valence-corrected chi connectivity index (χ3v) is 4.26. The summed E-state index contributed by atoms with van der Waals surface area (Å²) in [7, 11) is 0.